The molecule has 8 heteroatoms. The lowest BCUT2D eigenvalue weighted by Gasteiger charge is -2.11. The first-order chi connectivity index (χ1) is 8.59. The lowest BCUT2D eigenvalue weighted by atomic mass is 10.1. The van der Waals surface area contributed by atoms with Crippen LogP contribution in [0.4, 0.5) is 13.2 Å². The highest BCUT2D eigenvalue weighted by Gasteiger charge is 2.33. The quantitative estimate of drug-likeness (QED) is 0.865. The summed E-state index contributed by atoms with van der Waals surface area (Å²) in [5, 5.41) is 8.83. The minimum atomic E-state index is -4.75. The van der Waals surface area contributed by atoms with Gasteiger partial charge in [-0.25, -0.2) is 13.2 Å². The predicted molar refractivity (Wildman–Crippen MR) is 60.7 cm³/mol. The van der Waals surface area contributed by atoms with Crippen LogP contribution in [0.5, 0.6) is 0 Å². The molecule has 0 unspecified atom stereocenters. The Labute approximate surface area is 107 Å². The summed E-state index contributed by atoms with van der Waals surface area (Å²) in [6.45, 7) is 3.20. The molecule has 0 spiro atoms. The Bertz CT molecular complexity index is 617. The molecule has 0 aromatic heterocycles. The molecule has 0 atom stereocenters. The second-order valence-corrected chi connectivity index (χ2v) is 5.59. The fourth-order valence-corrected chi connectivity index (χ4v) is 2.64. The third-order valence-electron chi connectivity index (χ3n) is 2.21. The second-order valence-electron chi connectivity index (χ2n) is 3.58. The first kappa shape index (κ1) is 15.2. The molecule has 1 rings (SSSR count). The van der Waals surface area contributed by atoms with Gasteiger partial charge < -0.3 is 5.11 Å². The van der Waals surface area contributed by atoms with Crippen LogP contribution in [0, 0.1) is 0 Å². The molecule has 0 saturated heterocycles. The van der Waals surface area contributed by atoms with Crippen LogP contribution in [0.1, 0.15) is 15.9 Å². The van der Waals surface area contributed by atoms with Crippen LogP contribution in [0.3, 0.4) is 0 Å². The summed E-state index contributed by atoms with van der Waals surface area (Å²) in [7, 11) is -4.01. The Hall–Kier alpha value is -1.83. The van der Waals surface area contributed by atoms with Crippen molar-refractivity contribution < 1.29 is 31.5 Å². The van der Waals surface area contributed by atoms with Crippen molar-refractivity contribution in [1.82, 2.24) is 0 Å². The minimum Gasteiger partial charge on any atom is -0.478 e. The van der Waals surface area contributed by atoms with E-state index >= 15 is 0 Å². The summed E-state index contributed by atoms with van der Waals surface area (Å²) in [6.07, 6.45) is -3.72. The van der Waals surface area contributed by atoms with Gasteiger partial charge in [-0.05, 0) is 18.2 Å². The highest BCUT2D eigenvalue weighted by molar-refractivity contribution is 7.91. The molecule has 0 aliphatic heterocycles. The molecule has 0 radical (unpaired) electrons. The van der Waals surface area contributed by atoms with Crippen molar-refractivity contribution in [3.05, 3.63) is 42.0 Å². The third-order valence-corrected chi connectivity index (χ3v) is 3.91. The number of carboxylic acids is 1. The molecule has 1 aromatic carbocycles. The topological polar surface area (TPSA) is 71.4 Å². The van der Waals surface area contributed by atoms with Gasteiger partial charge in [0.15, 0.2) is 9.84 Å². The van der Waals surface area contributed by atoms with Gasteiger partial charge in [0.05, 0.1) is 21.8 Å². The summed E-state index contributed by atoms with van der Waals surface area (Å²) < 4.78 is 60.8. The maximum absolute atomic E-state index is 12.4. The Morgan fingerprint density at radius 3 is 2.37 bits per heavy atom. The van der Waals surface area contributed by atoms with Crippen molar-refractivity contribution in [2.24, 2.45) is 0 Å². The SMILES string of the molecule is C=CCS(=O)(=O)c1ccc(C(F)(F)F)cc1C(=O)O. The van der Waals surface area contributed by atoms with Gasteiger partial charge in [-0.2, -0.15) is 13.2 Å². The van der Waals surface area contributed by atoms with Crippen molar-refractivity contribution >= 4 is 15.8 Å². The third kappa shape index (κ3) is 3.34. The molecule has 19 heavy (non-hydrogen) atoms. The molecule has 0 aliphatic rings. The van der Waals surface area contributed by atoms with E-state index in [4.69, 9.17) is 5.11 Å². The van der Waals surface area contributed by atoms with Crippen molar-refractivity contribution in [3.8, 4) is 0 Å². The summed E-state index contributed by atoms with van der Waals surface area (Å²) >= 11 is 0. The molecule has 0 bridgehead atoms. The van der Waals surface area contributed by atoms with Gasteiger partial charge in [0, 0.05) is 0 Å². The van der Waals surface area contributed by atoms with E-state index in [1.807, 2.05) is 0 Å². The Kier molecular flexibility index (Phi) is 4.04. The molecule has 1 aromatic rings. The lowest BCUT2D eigenvalue weighted by Crippen LogP contribution is -2.14. The van der Waals surface area contributed by atoms with E-state index in [1.54, 1.807) is 0 Å². The van der Waals surface area contributed by atoms with Crippen molar-refractivity contribution in [1.29, 1.82) is 0 Å². The second kappa shape index (κ2) is 5.04. The van der Waals surface area contributed by atoms with E-state index in [-0.39, 0.29) is 0 Å². The van der Waals surface area contributed by atoms with Gasteiger partial charge in [0.1, 0.15) is 0 Å². The van der Waals surface area contributed by atoms with Crippen LogP contribution in [-0.4, -0.2) is 25.2 Å². The predicted octanol–water partition coefficient (Wildman–Crippen LogP) is 2.36. The van der Waals surface area contributed by atoms with E-state index in [9.17, 15) is 26.4 Å². The van der Waals surface area contributed by atoms with E-state index in [1.165, 1.54) is 0 Å². The first-order valence-electron chi connectivity index (χ1n) is 4.88. The molecule has 0 saturated carbocycles. The number of benzene rings is 1. The standard InChI is InChI=1S/C11H9F3O4S/c1-2-5-19(17,18)9-4-3-7(11(12,13)14)6-8(9)10(15)16/h2-4,6H,1,5H2,(H,15,16). The van der Waals surface area contributed by atoms with E-state index in [0.29, 0.717) is 18.2 Å². The van der Waals surface area contributed by atoms with E-state index in [0.717, 1.165) is 6.08 Å². The van der Waals surface area contributed by atoms with Gasteiger partial charge in [-0.3, -0.25) is 0 Å². The Morgan fingerprint density at radius 2 is 1.95 bits per heavy atom. The molecule has 1 N–H and O–H groups in total. The number of hydrogen-bond donors (Lipinski definition) is 1. The van der Waals surface area contributed by atoms with Crippen LogP contribution >= 0.6 is 0 Å². The van der Waals surface area contributed by atoms with Crippen LogP contribution in [0.15, 0.2) is 35.7 Å². The van der Waals surface area contributed by atoms with E-state index in [2.05, 4.69) is 6.58 Å². The summed E-state index contributed by atoms with van der Waals surface area (Å²) in [4.78, 5) is 10.2. The highest BCUT2D eigenvalue weighted by atomic mass is 32.2. The average Bonchev–Trinajstić information content (AvgIpc) is 2.26. The number of carboxylic acid groups (broad SMARTS) is 1. The normalized spacial score (nSPS) is 12.2. The zero-order valence-corrected chi connectivity index (χ0v) is 10.3. The number of rotatable bonds is 4. The van der Waals surface area contributed by atoms with Crippen LogP contribution in [0.25, 0.3) is 0 Å². The molecular weight excluding hydrogens is 285 g/mol. The Balaban J connectivity index is 3.52. The Morgan fingerprint density at radius 1 is 1.37 bits per heavy atom. The van der Waals surface area contributed by atoms with Crippen molar-refractivity contribution in [2.75, 3.05) is 5.75 Å². The van der Waals surface area contributed by atoms with Crippen molar-refractivity contribution in [3.63, 3.8) is 0 Å². The van der Waals surface area contributed by atoms with E-state index < -0.39 is 43.8 Å². The maximum atomic E-state index is 12.4. The number of halogens is 3. The number of carbonyl (C=O) groups is 1. The van der Waals surface area contributed by atoms with Crippen LogP contribution in [-0.2, 0) is 16.0 Å². The van der Waals surface area contributed by atoms with Gasteiger partial charge in [-0.15, -0.1) is 6.58 Å². The van der Waals surface area contributed by atoms with Crippen LogP contribution < -0.4 is 0 Å². The molecule has 0 aliphatic carbocycles. The van der Waals surface area contributed by atoms with Gasteiger partial charge >= 0.3 is 12.1 Å². The summed E-state index contributed by atoms with van der Waals surface area (Å²) in [5.74, 6) is -2.30. The number of hydrogen-bond acceptors (Lipinski definition) is 3. The summed E-state index contributed by atoms with van der Waals surface area (Å²) in [6, 6.07) is 1.48. The summed E-state index contributed by atoms with van der Waals surface area (Å²) in [5.41, 5.74) is -2.13. The maximum Gasteiger partial charge on any atom is 0.416 e. The van der Waals surface area contributed by atoms with Gasteiger partial charge in [-0.1, -0.05) is 6.08 Å². The molecular formula is C11H9F3O4S. The zero-order chi connectivity index (χ0) is 14.8. The van der Waals surface area contributed by atoms with Gasteiger partial charge in [0.2, 0.25) is 0 Å². The minimum absolute atomic E-state index is 0.304. The van der Waals surface area contributed by atoms with Crippen LogP contribution in [0.2, 0.25) is 0 Å². The van der Waals surface area contributed by atoms with Gasteiger partial charge in [0.25, 0.3) is 0 Å². The fraction of sp³-hybridized carbons (Fsp3) is 0.182. The zero-order valence-electron chi connectivity index (χ0n) is 9.44. The molecule has 0 amide bonds. The first-order valence-corrected chi connectivity index (χ1v) is 6.53. The smallest absolute Gasteiger partial charge is 0.416 e. The lowest BCUT2D eigenvalue weighted by molar-refractivity contribution is -0.137. The van der Waals surface area contributed by atoms with Crippen molar-refractivity contribution in [2.45, 2.75) is 11.1 Å². The molecule has 0 fully saturated rings. The average molecular weight is 294 g/mol. The molecule has 104 valence electrons. The largest absolute Gasteiger partial charge is 0.478 e. The fourth-order valence-electron chi connectivity index (χ4n) is 1.39. The molecule has 0 heterocycles. The number of sulfone groups is 1. The molecule has 4 nitrogen and oxygen atoms in total. The number of alkyl halides is 3. The number of aromatic carboxylic acids is 1. The monoisotopic (exact) mass is 294 g/mol. The highest BCUT2D eigenvalue weighted by Crippen LogP contribution is 2.31.